The average molecular weight is 321 g/mol. The molecule has 2 aromatic rings. The Hall–Kier alpha value is -1.27. The number of rotatable bonds is 5. The molecular formula is C14H16ClF3N2O. The molecule has 0 spiro atoms. The Morgan fingerprint density at radius 2 is 2.10 bits per heavy atom. The molecule has 1 aromatic carbocycles. The average Bonchev–Trinajstić information content (AvgIpc) is 2.72. The van der Waals surface area contributed by atoms with Gasteiger partial charge in [-0.3, -0.25) is 0 Å². The van der Waals surface area contributed by atoms with E-state index in [0.29, 0.717) is 5.82 Å². The predicted molar refractivity (Wildman–Crippen MR) is 75.6 cm³/mol. The zero-order chi connectivity index (χ0) is 15.6. The zero-order valence-electron chi connectivity index (χ0n) is 11.7. The van der Waals surface area contributed by atoms with E-state index in [-0.39, 0.29) is 18.5 Å². The van der Waals surface area contributed by atoms with Crippen LogP contribution in [0.2, 0.25) is 0 Å². The van der Waals surface area contributed by atoms with Crippen molar-refractivity contribution in [1.82, 2.24) is 9.55 Å². The van der Waals surface area contributed by atoms with Crippen molar-refractivity contribution in [2.45, 2.75) is 31.9 Å². The molecule has 21 heavy (non-hydrogen) atoms. The summed E-state index contributed by atoms with van der Waals surface area (Å²) in [7, 11) is 0. The molecule has 0 radical (unpaired) electrons. The second-order valence-electron chi connectivity index (χ2n) is 4.90. The highest BCUT2D eigenvalue weighted by molar-refractivity contribution is 6.20. The van der Waals surface area contributed by atoms with E-state index in [1.165, 1.54) is 0 Å². The number of fused-ring (bicyclic) bond motifs is 1. The first-order valence-corrected chi connectivity index (χ1v) is 6.97. The number of hydrogen-bond acceptors (Lipinski definition) is 2. The molecule has 0 aliphatic heterocycles. The molecule has 3 nitrogen and oxygen atoms in total. The van der Waals surface area contributed by atoms with Gasteiger partial charge in [0.15, 0.2) is 0 Å². The lowest BCUT2D eigenvalue weighted by atomic mass is 10.2. The fourth-order valence-corrected chi connectivity index (χ4v) is 2.30. The van der Waals surface area contributed by atoms with Crippen molar-refractivity contribution in [1.29, 1.82) is 0 Å². The second kappa shape index (κ2) is 6.23. The van der Waals surface area contributed by atoms with Crippen LogP contribution >= 0.6 is 11.6 Å². The zero-order valence-corrected chi connectivity index (χ0v) is 12.5. The number of hydrogen-bond donors (Lipinski definition) is 0. The van der Waals surface area contributed by atoms with Crippen LogP contribution in [-0.4, -0.2) is 28.9 Å². The van der Waals surface area contributed by atoms with Gasteiger partial charge in [-0.25, -0.2) is 4.98 Å². The van der Waals surface area contributed by atoms with Crippen molar-refractivity contribution < 1.29 is 17.9 Å². The van der Waals surface area contributed by atoms with Crippen molar-refractivity contribution in [3.63, 3.8) is 0 Å². The monoisotopic (exact) mass is 320 g/mol. The van der Waals surface area contributed by atoms with Crippen molar-refractivity contribution in [2.75, 3.05) is 13.2 Å². The van der Waals surface area contributed by atoms with Crippen LogP contribution < -0.4 is 0 Å². The summed E-state index contributed by atoms with van der Waals surface area (Å²) in [5.41, 5.74) is 2.68. The number of ether oxygens (including phenoxy) is 1. The van der Waals surface area contributed by atoms with Crippen LogP contribution in [0.1, 0.15) is 23.7 Å². The summed E-state index contributed by atoms with van der Waals surface area (Å²) in [6.07, 6.45) is -4.31. The van der Waals surface area contributed by atoms with Gasteiger partial charge in [-0.15, -0.1) is 11.6 Å². The molecule has 0 saturated heterocycles. The summed E-state index contributed by atoms with van der Waals surface area (Å²) in [6, 6.07) is 5.75. The number of imidazole rings is 1. The van der Waals surface area contributed by atoms with Gasteiger partial charge >= 0.3 is 6.18 Å². The molecule has 0 saturated carbocycles. The van der Waals surface area contributed by atoms with E-state index in [1.54, 1.807) is 6.92 Å². The largest absolute Gasteiger partial charge is 0.411 e. The molecule has 0 amide bonds. The van der Waals surface area contributed by atoms with Gasteiger partial charge in [0, 0.05) is 6.54 Å². The lowest BCUT2D eigenvalue weighted by Gasteiger charge is -2.12. The van der Waals surface area contributed by atoms with Crippen LogP contribution in [-0.2, 0) is 11.3 Å². The minimum atomic E-state index is -4.31. The smallest absolute Gasteiger partial charge is 0.370 e. The maximum Gasteiger partial charge on any atom is 0.411 e. The van der Waals surface area contributed by atoms with Gasteiger partial charge in [0.1, 0.15) is 12.4 Å². The van der Waals surface area contributed by atoms with Crippen LogP contribution in [0.5, 0.6) is 0 Å². The van der Waals surface area contributed by atoms with Crippen molar-refractivity contribution in [3.05, 3.63) is 29.6 Å². The van der Waals surface area contributed by atoms with E-state index < -0.39 is 12.8 Å². The number of aryl methyl sites for hydroxylation is 1. The van der Waals surface area contributed by atoms with Gasteiger partial charge < -0.3 is 9.30 Å². The predicted octanol–water partition coefficient (Wildman–Crippen LogP) is 4.22. The Morgan fingerprint density at radius 1 is 1.38 bits per heavy atom. The highest BCUT2D eigenvalue weighted by Crippen LogP contribution is 2.25. The van der Waals surface area contributed by atoms with Crippen molar-refractivity contribution >= 4 is 22.6 Å². The molecule has 0 aliphatic rings. The van der Waals surface area contributed by atoms with E-state index in [4.69, 9.17) is 11.6 Å². The molecule has 1 unspecified atom stereocenters. The molecule has 2 rings (SSSR count). The molecule has 0 bridgehead atoms. The van der Waals surface area contributed by atoms with Gasteiger partial charge in [0.25, 0.3) is 0 Å². The Kier molecular flexibility index (Phi) is 4.78. The number of nitrogens with zero attached hydrogens (tertiary/aromatic N) is 2. The molecule has 0 fully saturated rings. The van der Waals surface area contributed by atoms with Crippen LogP contribution in [0, 0.1) is 6.92 Å². The maximum absolute atomic E-state index is 12.1. The van der Waals surface area contributed by atoms with Crippen molar-refractivity contribution in [3.8, 4) is 0 Å². The highest BCUT2D eigenvalue weighted by Gasteiger charge is 2.27. The quantitative estimate of drug-likeness (QED) is 0.609. The number of halogens is 4. The first-order chi connectivity index (χ1) is 9.78. The Bertz CT molecular complexity index is 622. The lowest BCUT2D eigenvalue weighted by molar-refractivity contribution is -0.174. The van der Waals surface area contributed by atoms with Crippen LogP contribution in [0.25, 0.3) is 11.0 Å². The number of alkyl halides is 4. The number of aromatic nitrogens is 2. The summed E-state index contributed by atoms with van der Waals surface area (Å²) in [4.78, 5) is 4.43. The Labute approximate surface area is 125 Å². The van der Waals surface area contributed by atoms with Crippen LogP contribution in [0.4, 0.5) is 13.2 Å². The molecular weight excluding hydrogens is 305 g/mol. The van der Waals surface area contributed by atoms with Gasteiger partial charge in [0.2, 0.25) is 0 Å². The molecule has 7 heteroatoms. The fourth-order valence-electron chi connectivity index (χ4n) is 2.13. The van der Waals surface area contributed by atoms with Crippen LogP contribution in [0.15, 0.2) is 18.2 Å². The SMILES string of the molecule is Cc1ccc2nc(C(C)Cl)n(CCOCC(F)(F)F)c2c1. The Balaban J connectivity index is 2.20. The summed E-state index contributed by atoms with van der Waals surface area (Å²) < 4.78 is 42.7. The summed E-state index contributed by atoms with van der Waals surface area (Å²) >= 11 is 6.10. The molecule has 1 aromatic heterocycles. The Morgan fingerprint density at radius 3 is 2.71 bits per heavy atom. The second-order valence-corrected chi connectivity index (χ2v) is 5.55. The first-order valence-electron chi connectivity index (χ1n) is 6.53. The third-order valence-corrected chi connectivity index (χ3v) is 3.21. The topological polar surface area (TPSA) is 27.1 Å². The van der Waals surface area contributed by atoms with E-state index in [0.717, 1.165) is 16.6 Å². The van der Waals surface area contributed by atoms with Gasteiger partial charge in [-0.1, -0.05) is 6.07 Å². The van der Waals surface area contributed by atoms with Crippen molar-refractivity contribution in [2.24, 2.45) is 0 Å². The number of benzene rings is 1. The molecule has 116 valence electrons. The normalized spacial score (nSPS) is 13.8. The third kappa shape index (κ3) is 4.11. The molecule has 0 N–H and O–H groups in total. The van der Waals surface area contributed by atoms with Gasteiger partial charge in [0.05, 0.1) is 23.0 Å². The van der Waals surface area contributed by atoms with Gasteiger partial charge in [-0.2, -0.15) is 13.2 Å². The minimum absolute atomic E-state index is 0.0461. The molecule has 1 heterocycles. The summed E-state index contributed by atoms with van der Waals surface area (Å²) in [5.74, 6) is 0.632. The van der Waals surface area contributed by atoms with Gasteiger partial charge in [-0.05, 0) is 31.5 Å². The standard InChI is InChI=1S/C14H16ClF3N2O/c1-9-3-4-11-12(7-9)20(13(19-11)10(2)15)5-6-21-8-14(16,17)18/h3-4,7,10H,5-6,8H2,1-2H3. The summed E-state index contributed by atoms with van der Waals surface area (Å²) in [5, 5.41) is -0.333. The van der Waals surface area contributed by atoms with Crippen LogP contribution in [0.3, 0.4) is 0 Å². The first kappa shape index (κ1) is 16.1. The lowest BCUT2D eigenvalue weighted by Crippen LogP contribution is -2.19. The molecule has 1 atom stereocenters. The minimum Gasteiger partial charge on any atom is -0.370 e. The van der Waals surface area contributed by atoms with E-state index in [2.05, 4.69) is 9.72 Å². The third-order valence-electron chi connectivity index (χ3n) is 3.01. The summed E-state index contributed by atoms with van der Waals surface area (Å²) in [6.45, 7) is 2.71. The van der Waals surface area contributed by atoms with E-state index in [1.807, 2.05) is 29.7 Å². The maximum atomic E-state index is 12.1. The highest BCUT2D eigenvalue weighted by atomic mass is 35.5. The van der Waals surface area contributed by atoms with E-state index in [9.17, 15) is 13.2 Å². The fraction of sp³-hybridized carbons (Fsp3) is 0.500. The van der Waals surface area contributed by atoms with E-state index >= 15 is 0 Å². The molecule has 0 aliphatic carbocycles.